The largest absolute Gasteiger partial charge is 0.478 e. The molecule has 5 nitrogen and oxygen atoms in total. The zero-order chi connectivity index (χ0) is 12.1. The van der Waals surface area contributed by atoms with Gasteiger partial charge < -0.3 is 10.1 Å². The third kappa shape index (κ3) is 3.39. The predicted molar refractivity (Wildman–Crippen MR) is 67.4 cm³/mol. The maximum Gasteiger partial charge on any atom is 0.226 e. The highest BCUT2D eigenvalue weighted by Crippen LogP contribution is 2.13. The highest BCUT2D eigenvalue weighted by atomic mass is 32.1. The summed E-state index contributed by atoms with van der Waals surface area (Å²) in [6.07, 6.45) is 3.53. The number of ether oxygens (including phenoxy) is 1. The van der Waals surface area contributed by atoms with Gasteiger partial charge in [-0.2, -0.15) is 4.98 Å². The van der Waals surface area contributed by atoms with Gasteiger partial charge in [0.1, 0.15) is 5.01 Å². The first-order chi connectivity index (χ1) is 8.28. The van der Waals surface area contributed by atoms with Crippen LogP contribution in [0, 0.1) is 6.92 Å². The van der Waals surface area contributed by atoms with Crippen LogP contribution in [0.25, 0.3) is 0 Å². The normalized spacial score (nSPS) is 10.2. The van der Waals surface area contributed by atoms with E-state index in [-0.39, 0.29) is 0 Å². The summed E-state index contributed by atoms with van der Waals surface area (Å²) in [5.41, 5.74) is 0. The van der Waals surface area contributed by atoms with Crippen molar-refractivity contribution in [2.75, 3.05) is 11.9 Å². The monoisotopic (exact) mass is 250 g/mol. The van der Waals surface area contributed by atoms with Crippen LogP contribution in [0.3, 0.4) is 0 Å². The second kappa shape index (κ2) is 5.58. The second-order valence-electron chi connectivity index (χ2n) is 3.37. The van der Waals surface area contributed by atoms with E-state index in [1.54, 1.807) is 23.6 Å². The van der Waals surface area contributed by atoms with Gasteiger partial charge in [0.25, 0.3) is 0 Å². The van der Waals surface area contributed by atoms with E-state index in [0.29, 0.717) is 25.0 Å². The van der Waals surface area contributed by atoms with Gasteiger partial charge in [-0.1, -0.05) is 0 Å². The average molecular weight is 250 g/mol. The van der Waals surface area contributed by atoms with Crippen LogP contribution >= 0.6 is 11.3 Å². The van der Waals surface area contributed by atoms with Gasteiger partial charge in [0.05, 0.1) is 13.2 Å². The van der Waals surface area contributed by atoms with Crippen LogP contribution in [0.2, 0.25) is 0 Å². The highest BCUT2D eigenvalue weighted by molar-refractivity contribution is 7.11. The van der Waals surface area contributed by atoms with E-state index in [2.05, 4.69) is 20.3 Å². The molecule has 6 heteroatoms. The fraction of sp³-hybridized carbons (Fsp3) is 0.364. The van der Waals surface area contributed by atoms with Crippen LogP contribution in [0.1, 0.15) is 16.8 Å². The summed E-state index contributed by atoms with van der Waals surface area (Å²) in [6, 6.07) is 1.74. The minimum atomic E-state index is 0.559. The predicted octanol–water partition coefficient (Wildman–Crippen LogP) is 2.25. The molecule has 0 aliphatic carbocycles. The number of aromatic nitrogens is 3. The Kier molecular flexibility index (Phi) is 3.87. The van der Waals surface area contributed by atoms with Crippen LogP contribution in [-0.4, -0.2) is 21.6 Å². The van der Waals surface area contributed by atoms with Crippen LogP contribution in [0.5, 0.6) is 5.88 Å². The number of hydrogen-bond donors (Lipinski definition) is 1. The van der Waals surface area contributed by atoms with Crippen molar-refractivity contribution >= 4 is 17.3 Å². The molecule has 0 aromatic carbocycles. The standard InChI is InChI=1S/C11H14N4OS/c1-3-16-9-4-5-12-11(15-9)14-7-10-13-6-8(2)17-10/h4-6H,3,7H2,1-2H3,(H,12,14,15). The Morgan fingerprint density at radius 2 is 2.29 bits per heavy atom. The minimum Gasteiger partial charge on any atom is -0.478 e. The molecule has 0 unspecified atom stereocenters. The third-order valence-corrected chi connectivity index (χ3v) is 2.90. The molecule has 0 bridgehead atoms. The third-order valence-electron chi connectivity index (χ3n) is 1.99. The van der Waals surface area contributed by atoms with Crippen molar-refractivity contribution in [2.45, 2.75) is 20.4 Å². The molecule has 0 saturated carbocycles. The Hall–Kier alpha value is -1.69. The average Bonchev–Trinajstić information content (AvgIpc) is 2.74. The fourth-order valence-corrected chi connectivity index (χ4v) is 2.02. The van der Waals surface area contributed by atoms with E-state index >= 15 is 0 Å². The van der Waals surface area contributed by atoms with Crippen molar-refractivity contribution in [3.8, 4) is 5.88 Å². The molecule has 2 aromatic rings. The van der Waals surface area contributed by atoms with Crippen LogP contribution in [0.4, 0.5) is 5.95 Å². The maximum absolute atomic E-state index is 5.30. The molecule has 0 aliphatic heterocycles. The summed E-state index contributed by atoms with van der Waals surface area (Å²) in [5, 5.41) is 4.14. The molecule has 90 valence electrons. The van der Waals surface area contributed by atoms with E-state index < -0.39 is 0 Å². The van der Waals surface area contributed by atoms with Crippen LogP contribution in [0.15, 0.2) is 18.5 Å². The molecule has 2 rings (SSSR count). The summed E-state index contributed by atoms with van der Waals surface area (Å²) in [6.45, 7) is 5.19. The summed E-state index contributed by atoms with van der Waals surface area (Å²) in [7, 11) is 0. The topological polar surface area (TPSA) is 59.9 Å². The van der Waals surface area contributed by atoms with Gasteiger partial charge in [0.15, 0.2) is 0 Å². The number of nitrogens with one attached hydrogen (secondary N) is 1. The van der Waals surface area contributed by atoms with E-state index in [1.807, 2.05) is 20.0 Å². The number of nitrogens with zero attached hydrogens (tertiary/aromatic N) is 3. The van der Waals surface area contributed by atoms with E-state index in [0.717, 1.165) is 5.01 Å². The lowest BCUT2D eigenvalue weighted by Gasteiger charge is -2.05. The molecule has 0 aliphatic rings. The minimum absolute atomic E-state index is 0.559. The Balaban J connectivity index is 1.96. The fourth-order valence-electron chi connectivity index (χ4n) is 1.29. The first-order valence-corrected chi connectivity index (χ1v) is 6.20. The lowest BCUT2D eigenvalue weighted by Crippen LogP contribution is -2.04. The quantitative estimate of drug-likeness (QED) is 0.882. The second-order valence-corrected chi connectivity index (χ2v) is 4.69. The molecule has 2 heterocycles. The number of rotatable bonds is 5. The van der Waals surface area contributed by atoms with Crippen molar-refractivity contribution in [1.29, 1.82) is 0 Å². The van der Waals surface area contributed by atoms with Crippen molar-refractivity contribution in [1.82, 2.24) is 15.0 Å². The molecule has 1 N–H and O–H groups in total. The van der Waals surface area contributed by atoms with Crippen LogP contribution in [-0.2, 0) is 6.54 Å². The SMILES string of the molecule is CCOc1ccnc(NCc2ncc(C)s2)n1. The Labute approximate surface area is 104 Å². The van der Waals surface area contributed by atoms with Crippen LogP contribution < -0.4 is 10.1 Å². The van der Waals surface area contributed by atoms with E-state index in [4.69, 9.17) is 4.74 Å². The Morgan fingerprint density at radius 1 is 1.41 bits per heavy atom. The van der Waals surface area contributed by atoms with Crippen molar-refractivity contribution in [2.24, 2.45) is 0 Å². The zero-order valence-corrected chi connectivity index (χ0v) is 10.6. The van der Waals surface area contributed by atoms with Crippen molar-refractivity contribution in [3.63, 3.8) is 0 Å². The van der Waals surface area contributed by atoms with Gasteiger partial charge >= 0.3 is 0 Å². The van der Waals surface area contributed by atoms with Crippen molar-refractivity contribution < 1.29 is 4.74 Å². The summed E-state index contributed by atoms with van der Waals surface area (Å²) in [4.78, 5) is 13.8. The number of thiazole rings is 1. The maximum atomic E-state index is 5.30. The van der Waals surface area contributed by atoms with E-state index in [9.17, 15) is 0 Å². The van der Waals surface area contributed by atoms with Gasteiger partial charge in [-0.05, 0) is 13.8 Å². The van der Waals surface area contributed by atoms with Gasteiger partial charge in [-0.15, -0.1) is 11.3 Å². The molecular formula is C11H14N4OS. The smallest absolute Gasteiger partial charge is 0.226 e. The zero-order valence-electron chi connectivity index (χ0n) is 9.80. The molecule has 0 fully saturated rings. The van der Waals surface area contributed by atoms with Gasteiger partial charge in [-0.3, -0.25) is 0 Å². The molecule has 0 atom stereocenters. The molecule has 0 amide bonds. The van der Waals surface area contributed by atoms with Gasteiger partial charge in [0.2, 0.25) is 11.8 Å². The highest BCUT2D eigenvalue weighted by Gasteiger charge is 2.02. The van der Waals surface area contributed by atoms with Gasteiger partial charge in [-0.25, -0.2) is 9.97 Å². The summed E-state index contributed by atoms with van der Waals surface area (Å²) < 4.78 is 5.30. The molecule has 0 spiro atoms. The number of anilines is 1. The molecule has 17 heavy (non-hydrogen) atoms. The Bertz CT molecular complexity index is 486. The van der Waals surface area contributed by atoms with Gasteiger partial charge in [0, 0.05) is 23.3 Å². The van der Waals surface area contributed by atoms with Crippen molar-refractivity contribution in [3.05, 3.63) is 28.3 Å². The Morgan fingerprint density at radius 3 is 3.00 bits per heavy atom. The molecule has 2 aromatic heterocycles. The first kappa shape index (κ1) is 11.8. The molecular weight excluding hydrogens is 236 g/mol. The molecule has 0 radical (unpaired) electrons. The lowest BCUT2D eigenvalue weighted by atomic mass is 10.6. The first-order valence-electron chi connectivity index (χ1n) is 5.39. The van der Waals surface area contributed by atoms with E-state index in [1.165, 1.54) is 4.88 Å². The number of aryl methyl sites for hydroxylation is 1. The molecule has 0 saturated heterocycles. The number of hydrogen-bond acceptors (Lipinski definition) is 6. The lowest BCUT2D eigenvalue weighted by molar-refractivity contribution is 0.326. The summed E-state index contributed by atoms with van der Waals surface area (Å²) in [5.74, 6) is 1.14. The summed E-state index contributed by atoms with van der Waals surface area (Å²) >= 11 is 1.66.